The Bertz CT molecular complexity index is 1210. The Labute approximate surface area is 168 Å². The second-order valence-corrected chi connectivity index (χ2v) is 6.95. The summed E-state index contributed by atoms with van der Waals surface area (Å²) in [5.74, 6) is -0.156. The monoisotopic (exact) mass is 383 g/mol. The molecule has 29 heavy (non-hydrogen) atoms. The van der Waals surface area contributed by atoms with Crippen molar-refractivity contribution in [1.82, 2.24) is 9.78 Å². The molecular formula is C24H21N3O2. The fourth-order valence-electron chi connectivity index (χ4n) is 3.26. The van der Waals surface area contributed by atoms with Gasteiger partial charge in [0, 0.05) is 23.1 Å². The lowest BCUT2D eigenvalue weighted by atomic mass is 10.1. The van der Waals surface area contributed by atoms with Gasteiger partial charge in [0.25, 0.3) is 5.56 Å². The number of carbonyl (C=O) groups is 1. The van der Waals surface area contributed by atoms with Crippen LogP contribution >= 0.6 is 0 Å². The Kier molecular flexibility index (Phi) is 5.20. The number of anilines is 1. The molecule has 5 heteroatoms. The van der Waals surface area contributed by atoms with Gasteiger partial charge < -0.3 is 5.32 Å². The quantitative estimate of drug-likeness (QED) is 0.555. The molecule has 0 spiro atoms. The number of carbonyl (C=O) groups excluding carboxylic acids is 1. The molecule has 1 amide bonds. The average molecular weight is 383 g/mol. The number of benzene rings is 3. The minimum absolute atomic E-state index is 0.156. The molecule has 0 bridgehead atoms. The number of amides is 1. The summed E-state index contributed by atoms with van der Waals surface area (Å²) in [6, 6.07) is 24.8. The van der Waals surface area contributed by atoms with Gasteiger partial charge in [0.2, 0.25) is 5.91 Å². The lowest BCUT2D eigenvalue weighted by Gasteiger charge is -2.11. The lowest BCUT2D eigenvalue weighted by molar-refractivity contribution is -0.116. The maximum atomic E-state index is 12.9. The van der Waals surface area contributed by atoms with Crippen LogP contribution in [0.3, 0.4) is 0 Å². The predicted octanol–water partition coefficient (Wildman–Crippen LogP) is 4.40. The van der Waals surface area contributed by atoms with Crippen LogP contribution in [0.15, 0.2) is 83.7 Å². The third-order valence-corrected chi connectivity index (χ3v) is 4.80. The maximum Gasteiger partial charge on any atom is 0.274 e. The summed E-state index contributed by atoms with van der Waals surface area (Å²) in [5.41, 5.74) is 3.34. The van der Waals surface area contributed by atoms with Crippen LogP contribution in [0.5, 0.6) is 0 Å². The molecule has 5 nitrogen and oxygen atoms in total. The van der Waals surface area contributed by atoms with Crippen molar-refractivity contribution in [2.75, 3.05) is 5.32 Å². The van der Waals surface area contributed by atoms with Gasteiger partial charge >= 0.3 is 0 Å². The molecule has 0 atom stereocenters. The Hall–Kier alpha value is -3.73. The van der Waals surface area contributed by atoms with Crippen molar-refractivity contribution in [3.05, 3.63) is 94.8 Å². The molecule has 0 radical (unpaired) electrons. The Morgan fingerprint density at radius 3 is 2.28 bits per heavy atom. The number of nitrogens with zero attached hydrogens (tertiary/aromatic N) is 2. The third kappa shape index (κ3) is 4.09. The molecule has 0 aliphatic carbocycles. The zero-order valence-electron chi connectivity index (χ0n) is 16.1. The van der Waals surface area contributed by atoms with E-state index in [1.165, 1.54) is 4.68 Å². The number of rotatable bonds is 5. The van der Waals surface area contributed by atoms with E-state index in [9.17, 15) is 9.59 Å². The molecule has 4 rings (SSSR count). The normalized spacial score (nSPS) is 10.8. The van der Waals surface area contributed by atoms with Crippen LogP contribution in [0.4, 0.5) is 5.69 Å². The molecule has 0 saturated heterocycles. The summed E-state index contributed by atoms with van der Waals surface area (Å²) in [4.78, 5) is 25.2. The van der Waals surface area contributed by atoms with Gasteiger partial charge in [0.15, 0.2) is 0 Å². The van der Waals surface area contributed by atoms with Crippen LogP contribution in [0, 0.1) is 6.92 Å². The number of aromatic nitrogens is 2. The number of fused-ring (bicyclic) bond motifs is 1. The highest BCUT2D eigenvalue weighted by Crippen LogP contribution is 2.24. The van der Waals surface area contributed by atoms with E-state index < -0.39 is 0 Å². The van der Waals surface area contributed by atoms with Gasteiger partial charge in [-0.3, -0.25) is 9.59 Å². The number of hydrogen-bond acceptors (Lipinski definition) is 3. The summed E-state index contributed by atoms with van der Waals surface area (Å²) < 4.78 is 1.39. The fraction of sp³-hybridized carbons (Fsp3) is 0.125. The van der Waals surface area contributed by atoms with E-state index in [2.05, 4.69) is 10.4 Å². The van der Waals surface area contributed by atoms with E-state index in [4.69, 9.17) is 0 Å². The van der Waals surface area contributed by atoms with Crippen LogP contribution in [-0.2, 0) is 11.3 Å². The van der Waals surface area contributed by atoms with Crippen molar-refractivity contribution in [2.24, 2.45) is 0 Å². The standard InChI is InChI=1S/C24H21N3O2/c1-17-11-13-19(14-12-17)25-22(28)15-16-27-24(29)21-10-6-5-9-20(21)23(26-27)18-7-3-2-4-8-18/h2-14H,15-16H2,1H3,(H,25,28). The van der Waals surface area contributed by atoms with Crippen molar-refractivity contribution in [2.45, 2.75) is 19.9 Å². The summed E-state index contributed by atoms with van der Waals surface area (Å²) in [7, 11) is 0. The zero-order valence-corrected chi connectivity index (χ0v) is 16.1. The maximum absolute atomic E-state index is 12.9. The summed E-state index contributed by atoms with van der Waals surface area (Å²) in [6.45, 7) is 2.20. The highest BCUT2D eigenvalue weighted by Gasteiger charge is 2.13. The Balaban J connectivity index is 1.62. The van der Waals surface area contributed by atoms with Crippen LogP contribution in [0.25, 0.3) is 22.0 Å². The molecule has 1 aromatic heterocycles. The largest absolute Gasteiger partial charge is 0.326 e. The SMILES string of the molecule is Cc1ccc(NC(=O)CCn2nc(-c3ccccc3)c3ccccc3c2=O)cc1. The molecule has 0 fully saturated rings. The van der Waals surface area contributed by atoms with Gasteiger partial charge in [-0.25, -0.2) is 4.68 Å². The smallest absolute Gasteiger partial charge is 0.274 e. The minimum Gasteiger partial charge on any atom is -0.326 e. The molecular weight excluding hydrogens is 362 g/mol. The lowest BCUT2D eigenvalue weighted by Crippen LogP contribution is -2.26. The minimum atomic E-state index is -0.191. The molecule has 0 unspecified atom stereocenters. The molecule has 0 aliphatic heterocycles. The molecule has 3 aromatic carbocycles. The molecule has 0 saturated carbocycles. The first-order valence-corrected chi connectivity index (χ1v) is 9.53. The first-order chi connectivity index (χ1) is 14.1. The van der Waals surface area contributed by atoms with E-state index in [1.807, 2.05) is 79.7 Å². The molecule has 4 aromatic rings. The summed E-state index contributed by atoms with van der Waals surface area (Å²) in [5, 5.41) is 8.85. The van der Waals surface area contributed by atoms with E-state index in [-0.39, 0.29) is 24.4 Å². The van der Waals surface area contributed by atoms with Crippen molar-refractivity contribution in [1.29, 1.82) is 0 Å². The van der Waals surface area contributed by atoms with Gasteiger partial charge in [-0.1, -0.05) is 66.2 Å². The topological polar surface area (TPSA) is 64.0 Å². The summed E-state index contributed by atoms with van der Waals surface area (Å²) >= 11 is 0. The number of hydrogen-bond donors (Lipinski definition) is 1. The molecule has 1 N–H and O–H groups in total. The first-order valence-electron chi connectivity index (χ1n) is 9.53. The first kappa shape index (κ1) is 18.6. The van der Waals surface area contributed by atoms with Gasteiger partial charge in [0.05, 0.1) is 17.6 Å². The van der Waals surface area contributed by atoms with E-state index >= 15 is 0 Å². The van der Waals surface area contributed by atoms with Crippen molar-refractivity contribution >= 4 is 22.4 Å². The van der Waals surface area contributed by atoms with Crippen molar-refractivity contribution < 1.29 is 4.79 Å². The van der Waals surface area contributed by atoms with Crippen molar-refractivity contribution in [3.8, 4) is 11.3 Å². The Morgan fingerprint density at radius 2 is 1.55 bits per heavy atom. The number of aryl methyl sites for hydroxylation is 2. The van der Waals surface area contributed by atoms with E-state index in [0.717, 1.165) is 27.9 Å². The summed E-state index contributed by atoms with van der Waals surface area (Å²) in [6.07, 6.45) is 0.160. The predicted molar refractivity (Wildman–Crippen MR) is 116 cm³/mol. The van der Waals surface area contributed by atoms with E-state index in [1.54, 1.807) is 6.07 Å². The van der Waals surface area contributed by atoms with Crippen LogP contribution in [-0.4, -0.2) is 15.7 Å². The van der Waals surface area contributed by atoms with E-state index in [0.29, 0.717) is 5.39 Å². The van der Waals surface area contributed by atoms with Gasteiger partial charge in [-0.15, -0.1) is 0 Å². The second-order valence-electron chi connectivity index (χ2n) is 6.95. The molecule has 144 valence electrons. The van der Waals surface area contributed by atoms with Gasteiger partial charge in [-0.05, 0) is 25.1 Å². The Morgan fingerprint density at radius 1 is 0.897 bits per heavy atom. The average Bonchev–Trinajstić information content (AvgIpc) is 2.76. The number of nitrogens with one attached hydrogen (secondary N) is 1. The fourth-order valence-corrected chi connectivity index (χ4v) is 3.26. The van der Waals surface area contributed by atoms with Crippen LogP contribution in [0.2, 0.25) is 0 Å². The second kappa shape index (κ2) is 8.10. The van der Waals surface area contributed by atoms with Gasteiger partial charge in [-0.2, -0.15) is 5.10 Å². The van der Waals surface area contributed by atoms with Crippen LogP contribution in [0.1, 0.15) is 12.0 Å². The van der Waals surface area contributed by atoms with Crippen molar-refractivity contribution in [3.63, 3.8) is 0 Å². The molecule has 0 aliphatic rings. The van der Waals surface area contributed by atoms with Gasteiger partial charge in [0.1, 0.15) is 0 Å². The highest BCUT2D eigenvalue weighted by molar-refractivity contribution is 5.94. The third-order valence-electron chi connectivity index (χ3n) is 4.80. The highest BCUT2D eigenvalue weighted by atomic mass is 16.2. The zero-order chi connectivity index (χ0) is 20.2. The molecule has 1 heterocycles. The van der Waals surface area contributed by atoms with Crippen LogP contribution < -0.4 is 10.9 Å².